The summed E-state index contributed by atoms with van der Waals surface area (Å²) in [5.41, 5.74) is 0.686. The van der Waals surface area contributed by atoms with Gasteiger partial charge in [-0.15, -0.1) is 0 Å². The molecule has 1 fully saturated rings. The fourth-order valence-electron chi connectivity index (χ4n) is 2.81. The van der Waals surface area contributed by atoms with Crippen LogP contribution in [0.2, 0.25) is 0 Å². The maximum Gasteiger partial charge on any atom is 0.129 e. The van der Waals surface area contributed by atoms with Crippen LogP contribution in [0.3, 0.4) is 0 Å². The summed E-state index contributed by atoms with van der Waals surface area (Å²) in [7, 11) is 0. The van der Waals surface area contributed by atoms with Crippen molar-refractivity contribution < 1.29 is 8.78 Å². The largest absolute Gasteiger partial charge is 0.316 e. The summed E-state index contributed by atoms with van der Waals surface area (Å²) in [5, 5.41) is 3.35. The minimum atomic E-state index is -0.493. The highest BCUT2D eigenvalue weighted by atomic mass is 19.1. The molecule has 1 heterocycles. The Labute approximate surface area is 101 Å². The van der Waals surface area contributed by atoms with Gasteiger partial charge in [-0.1, -0.05) is 19.4 Å². The van der Waals surface area contributed by atoms with Crippen LogP contribution in [0, 0.1) is 17.6 Å². The van der Waals surface area contributed by atoms with E-state index in [0.29, 0.717) is 11.5 Å². The summed E-state index contributed by atoms with van der Waals surface area (Å²) < 4.78 is 26.7. The summed E-state index contributed by atoms with van der Waals surface area (Å²) in [4.78, 5) is 0. The van der Waals surface area contributed by atoms with Gasteiger partial charge in [0.2, 0.25) is 0 Å². The number of benzene rings is 1. The molecule has 17 heavy (non-hydrogen) atoms. The number of hydrogen-bond donors (Lipinski definition) is 1. The number of halogens is 2. The molecule has 0 amide bonds. The van der Waals surface area contributed by atoms with Crippen LogP contribution < -0.4 is 5.32 Å². The zero-order valence-electron chi connectivity index (χ0n) is 10.2. The summed E-state index contributed by atoms with van der Waals surface area (Å²) >= 11 is 0. The Kier molecular flexibility index (Phi) is 4.11. The van der Waals surface area contributed by atoms with Crippen LogP contribution >= 0.6 is 0 Å². The van der Waals surface area contributed by atoms with E-state index in [0.717, 1.165) is 38.4 Å². The molecule has 3 heteroatoms. The van der Waals surface area contributed by atoms with Crippen LogP contribution in [0.5, 0.6) is 0 Å². The van der Waals surface area contributed by atoms with E-state index in [2.05, 4.69) is 12.2 Å². The Balaban J connectivity index is 2.23. The Hall–Kier alpha value is -0.960. The van der Waals surface area contributed by atoms with Crippen molar-refractivity contribution in [3.05, 3.63) is 35.4 Å². The van der Waals surface area contributed by atoms with Crippen molar-refractivity contribution >= 4 is 0 Å². The first-order valence-electron chi connectivity index (χ1n) is 6.38. The molecule has 0 aliphatic carbocycles. The second-order valence-corrected chi connectivity index (χ2v) is 4.81. The van der Waals surface area contributed by atoms with Gasteiger partial charge >= 0.3 is 0 Å². The fourth-order valence-corrected chi connectivity index (χ4v) is 2.81. The Bertz CT molecular complexity index is 376. The molecule has 0 aromatic heterocycles. The van der Waals surface area contributed by atoms with Crippen LogP contribution in [0.4, 0.5) is 8.78 Å². The molecule has 1 saturated heterocycles. The third-order valence-corrected chi connectivity index (χ3v) is 3.63. The van der Waals surface area contributed by atoms with Crippen molar-refractivity contribution in [1.29, 1.82) is 0 Å². The summed E-state index contributed by atoms with van der Waals surface area (Å²) in [5.74, 6) is -0.184. The van der Waals surface area contributed by atoms with Crippen LogP contribution in [-0.2, 0) is 0 Å². The predicted octanol–water partition coefficient (Wildman–Crippen LogP) is 3.46. The number of nitrogens with one attached hydrogen (secondary N) is 1. The summed E-state index contributed by atoms with van der Waals surface area (Å²) in [6, 6.07) is 3.98. The van der Waals surface area contributed by atoms with Gasteiger partial charge in [0.1, 0.15) is 11.6 Å². The monoisotopic (exact) mass is 239 g/mol. The zero-order chi connectivity index (χ0) is 12.3. The van der Waals surface area contributed by atoms with E-state index in [-0.39, 0.29) is 5.92 Å². The predicted molar refractivity (Wildman–Crippen MR) is 65.0 cm³/mol. The molecule has 1 aromatic carbocycles. The standard InChI is InChI=1S/C14H19F2N/c1-2-3-10-9-17-7-6-12(10)13-5-4-11(15)8-14(13)16/h4-5,8,10,12,17H,2-3,6-7,9H2,1H3. The lowest BCUT2D eigenvalue weighted by molar-refractivity contribution is 0.300. The molecule has 1 aromatic rings. The van der Waals surface area contributed by atoms with Gasteiger partial charge in [0.15, 0.2) is 0 Å². The molecular formula is C14H19F2N. The second-order valence-electron chi connectivity index (χ2n) is 4.81. The molecule has 1 nitrogen and oxygen atoms in total. The van der Waals surface area contributed by atoms with Gasteiger partial charge in [-0.2, -0.15) is 0 Å². The highest BCUT2D eigenvalue weighted by Crippen LogP contribution is 2.34. The molecule has 94 valence electrons. The smallest absolute Gasteiger partial charge is 0.129 e. The third-order valence-electron chi connectivity index (χ3n) is 3.63. The molecule has 1 aliphatic heterocycles. The van der Waals surface area contributed by atoms with Gasteiger partial charge < -0.3 is 5.32 Å². The van der Waals surface area contributed by atoms with Crippen molar-refractivity contribution in [2.24, 2.45) is 5.92 Å². The average molecular weight is 239 g/mol. The van der Waals surface area contributed by atoms with Crippen LogP contribution in [0.25, 0.3) is 0 Å². The molecule has 1 aliphatic rings. The Morgan fingerprint density at radius 2 is 2.18 bits per heavy atom. The van der Waals surface area contributed by atoms with Crippen LogP contribution in [0.1, 0.15) is 37.7 Å². The highest BCUT2D eigenvalue weighted by Gasteiger charge is 2.27. The van der Waals surface area contributed by atoms with Gasteiger partial charge in [-0.05, 0) is 49.4 Å². The van der Waals surface area contributed by atoms with Gasteiger partial charge in [0.05, 0.1) is 0 Å². The molecule has 0 spiro atoms. The van der Waals surface area contributed by atoms with E-state index in [1.807, 2.05) is 0 Å². The van der Waals surface area contributed by atoms with Crippen LogP contribution in [-0.4, -0.2) is 13.1 Å². The minimum absolute atomic E-state index is 0.233. The van der Waals surface area contributed by atoms with Crippen molar-refractivity contribution in [1.82, 2.24) is 5.32 Å². The number of hydrogen-bond acceptors (Lipinski definition) is 1. The van der Waals surface area contributed by atoms with E-state index < -0.39 is 11.6 Å². The lowest BCUT2D eigenvalue weighted by Crippen LogP contribution is -2.35. The third kappa shape index (κ3) is 2.83. The first kappa shape index (κ1) is 12.5. The normalized spacial score (nSPS) is 24.9. The molecule has 0 radical (unpaired) electrons. The first-order chi connectivity index (χ1) is 8.22. The van der Waals surface area contributed by atoms with Crippen molar-refractivity contribution in [2.75, 3.05) is 13.1 Å². The zero-order valence-corrected chi connectivity index (χ0v) is 10.2. The minimum Gasteiger partial charge on any atom is -0.316 e. The van der Waals surface area contributed by atoms with Gasteiger partial charge in [-0.25, -0.2) is 8.78 Å². The topological polar surface area (TPSA) is 12.0 Å². The lowest BCUT2D eigenvalue weighted by atomic mass is 9.79. The molecule has 2 atom stereocenters. The van der Waals surface area contributed by atoms with Crippen molar-refractivity contribution in [3.63, 3.8) is 0 Å². The van der Waals surface area contributed by atoms with Crippen molar-refractivity contribution in [2.45, 2.75) is 32.1 Å². The molecule has 0 saturated carbocycles. The van der Waals surface area contributed by atoms with E-state index in [1.54, 1.807) is 6.07 Å². The van der Waals surface area contributed by atoms with Gasteiger partial charge in [-0.3, -0.25) is 0 Å². The molecule has 0 bridgehead atoms. The van der Waals surface area contributed by atoms with Crippen molar-refractivity contribution in [3.8, 4) is 0 Å². The molecule has 2 unspecified atom stereocenters. The molecule has 1 N–H and O–H groups in total. The lowest BCUT2D eigenvalue weighted by Gasteiger charge is -2.32. The average Bonchev–Trinajstić information content (AvgIpc) is 2.31. The SMILES string of the molecule is CCCC1CNCCC1c1ccc(F)cc1F. The van der Waals surface area contributed by atoms with Gasteiger partial charge in [0.25, 0.3) is 0 Å². The Morgan fingerprint density at radius 1 is 1.35 bits per heavy atom. The maximum absolute atomic E-state index is 13.8. The van der Waals surface area contributed by atoms with Gasteiger partial charge in [0, 0.05) is 6.07 Å². The van der Waals surface area contributed by atoms with Crippen LogP contribution in [0.15, 0.2) is 18.2 Å². The van der Waals surface area contributed by atoms with E-state index >= 15 is 0 Å². The molecule has 2 rings (SSSR count). The summed E-state index contributed by atoms with van der Waals surface area (Å²) in [6.45, 7) is 4.00. The number of piperidine rings is 1. The first-order valence-corrected chi connectivity index (χ1v) is 6.38. The number of rotatable bonds is 3. The highest BCUT2D eigenvalue weighted by molar-refractivity contribution is 5.24. The fraction of sp³-hybridized carbons (Fsp3) is 0.571. The second kappa shape index (κ2) is 5.58. The summed E-state index contributed by atoms with van der Waals surface area (Å²) in [6.07, 6.45) is 3.13. The van der Waals surface area contributed by atoms with E-state index in [1.165, 1.54) is 6.07 Å². The molecular weight excluding hydrogens is 220 g/mol. The van der Waals surface area contributed by atoms with E-state index in [4.69, 9.17) is 0 Å². The quantitative estimate of drug-likeness (QED) is 0.851. The van der Waals surface area contributed by atoms with E-state index in [9.17, 15) is 8.78 Å². The Morgan fingerprint density at radius 3 is 2.88 bits per heavy atom. The maximum atomic E-state index is 13.8.